The molecule has 0 saturated carbocycles. The minimum atomic E-state index is -0.00819. The molecule has 6 nitrogen and oxygen atoms in total. The molecule has 0 N–H and O–H groups in total. The van der Waals surface area contributed by atoms with Gasteiger partial charge < -0.3 is 9.47 Å². The van der Waals surface area contributed by atoms with Gasteiger partial charge in [0.05, 0.1) is 30.5 Å². The third kappa shape index (κ3) is 4.10. The van der Waals surface area contributed by atoms with Crippen LogP contribution in [0.4, 0.5) is 0 Å². The van der Waals surface area contributed by atoms with Crippen molar-refractivity contribution in [3.8, 4) is 27.9 Å². The highest BCUT2D eigenvalue weighted by atomic mass is 32.2. The largest absolute Gasteiger partial charge is 0.497 e. The van der Waals surface area contributed by atoms with Crippen molar-refractivity contribution in [3.63, 3.8) is 0 Å². The molecule has 152 valence electrons. The van der Waals surface area contributed by atoms with E-state index in [-0.39, 0.29) is 11.5 Å². The van der Waals surface area contributed by atoms with E-state index in [0.29, 0.717) is 28.0 Å². The number of ketones is 1. The van der Waals surface area contributed by atoms with Crippen molar-refractivity contribution in [1.29, 1.82) is 0 Å². The molecule has 0 spiro atoms. The molecule has 0 aliphatic carbocycles. The molecule has 0 aliphatic rings. The number of para-hydroxylation sites is 2. The van der Waals surface area contributed by atoms with E-state index in [9.17, 15) is 4.79 Å². The van der Waals surface area contributed by atoms with Crippen molar-refractivity contribution in [3.05, 3.63) is 71.6 Å². The summed E-state index contributed by atoms with van der Waals surface area (Å²) in [4.78, 5) is 13.7. The molecule has 2 aromatic carbocycles. The minimum absolute atomic E-state index is 0.00819. The number of carbonyl (C=O) groups excluding carboxylic acids is 1. The average molecular weight is 438 g/mol. The highest BCUT2D eigenvalue weighted by Crippen LogP contribution is 2.34. The van der Waals surface area contributed by atoms with Crippen molar-refractivity contribution in [1.82, 2.24) is 14.8 Å². The number of aromatic nitrogens is 3. The van der Waals surface area contributed by atoms with E-state index in [1.165, 1.54) is 11.8 Å². The van der Waals surface area contributed by atoms with Crippen LogP contribution in [0.1, 0.15) is 10.4 Å². The second-order valence-corrected chi connectivity index (χ2v) is 8.12. The molecule has 0 saturated heterocycles. The predicted octanol–water partition coefficient (Wildman–Crippen LogP) is 4.99. The number of rotatable bonds is 8. The number of thiophene rings is 1. The molecule has 0 fully saturated rings. The summed E-state index contributed by atoms with van der Waals surface area (Å²) in [6, 6.07) is 18.8. The van der Waals surface area contributed by atoms with Crippen molar-refractivity contribution in [2.75, 3.05) is 20.0 Å². The average Bonchev–Trinajstić information content (AvgIpc) is 3.47. The van der Waals surface area contributed by atoms with Crippen LogP contribution in [0.25, 0.3) is 16.4 Å². The topological polar surface area (TPSA) is 66.2 Å². The van der Waals surface area contributed by atoms with Crippen LogP contribution in [0.3, 0.4) is 0 Å². The normalized spacial score (nSPS) is 10.7. The maximum atomic E-state index is 12.7. The zero-order chi connectivity index (χ0) is 20.9. The van der Waals surface area contributed by atoms with E-state index in [1.807, 2.05) is 58.5 Å². The Morgan fingerprint density at radius 2 is 1.90 bits per heavy atom. The first-order valence-corrected chi connectivity index (χ1v) is 11.0. The summed E-state index contributed by atoms with van der Waals surface area (Å²) in [6.07, 6.45) is 0. The lowest BCUT2D eigenvalue weighted by Gasteiger charge is -2.13. The fourth-order valence-corrected chi connectivity index (χ4v) is 4.51. The van der Waals surface area contributed by atoms with Gasteiger partial charge in [0, 0.05) is 5.56 Å². The molecule has 30 heavy (non-hydrogen) atoms. The van der Waals surface area contributed by atoms with Crippen molar-refractivity contribution in [2.45, 2.75) is 5.16 Å². The molecule has 0 amide bonds. The van der Waals surface area contributed by atoms with Crippen molar-refractivity contribution < 1.29 is 14.3 Å². The first-order chi connectivity index (χ1) is 14.7. The number of hydrogen-bond donors (Lipinski definition) is 0. The summed E-state index contributed by atoms with van der Waals surface area (Å²) in [5.74, 6) is 2.29. The van der Waals surface area contributed by atoms with Gasteiger partial charge in [-0.3, -0.25) is 9.36 Å². The fourth-order valence-electron chi connectivity index (χ4n) is 2.97. The number of ether oxygens (including phenoxy) is 2. The first kappa shape index (κ1) is 20.2. The predicted molar refractivity (Wildman–Crippen MR) is 119 cm³/mol. The van der Waals surface area contributed by atoms with Gasteiger partial charge in [0.1, 0.15) is 11.5 Å². The van der Waals surface area contributed by atoms with Gasteiger partial charge in [-0.2, -0.15) is 0 Å². The Hall–Kier alpha value is -3.10. The van der Waals surface area contributed by atoms with Gasteiger partial charge in [-0.25, -0.2) is 0 Å². The number of methoxy groups -OCH3 is 2. The summed E-state index contributed by atoms with van der Waals surface area (Å²) in [5, 5.41) is 11.4. The van der Waals surface area contributed by atoms with Crippen LogP contribution in [0.5, 0.6) is 11.5 Å². The van der Waals surface area contributed by atoms with E-state index >= 15 is 0 Å². The molecule has 8 heteroatoms. The zero-order valence-corrected chi connectivity index (χ0v) is 18.1. The highest BCUT2D eigenvalue weighted by Gasteiger charge is 2.20. The monoisotopic (exact) mass is 437 g/mol. The first-order valence-electron chi connectivity index (χ1n) is 9.14. The molecule has 4 aromatic rings. The molecular weight excluding hydrogens is 418 g/mol. The quantitative estimate of drug-likeness (QED) is 0.286. The lowest BCUT2D eigenvalue weighted by atomic mass is 10.1. The second kappa shape index (κ2) is 9.15. The van der Waals surface area contributed by atoms with E-state index in [0.717, 1.165) is 10.6 Å². The molecular formula is C22H19N3O3S2. The highest BCUT2D eigenvalue weighted by molar-refractivity contribution is 7.99. The van der Waals surface area contributed by atoms with Crippen LogP contribution >= 0.6 is 23.1 Å². The van der Waals surface area contributed by atoms with Crippen molar-refractivity contribution in [2.24, 2.45) is 0 Å². The molecule has 2 aromatic heterocycles. The molecule has 0 atom stereocenters. The van der Waals surface area contributed by atoms with Crippen molar-refractivity contribution >= 4 is 28.9 Å². The van der Waals surface area contributed by atoms with Crippen LogP contribution in [0, 0.1) is 0 Å². The molecule has 4 rings (SSSR count). The Morgan fingerprint density at radius 1 is 1.03 bits per heavy atom. The van der Waals surface area contributed by atoms with Gasteiger partial charge >= 0.3 is 0 Å². The maximum absolute atomic E-state index is 12.7. The third-order valence-electron chi connectivity index (χ3n) is 4.43. The molecule has 0 unspecified atom stereocenters. The maximum Gasteiger partial charge on any atom is 0.196 e. The Bertz CT molecular complexity index is 1160. The van der Waals surface area contributed by atoms with Crippen LogP contribution in [0.2, 0.25) is 0 Å². The number of nitrogens with zero attached hydrogens (tertiary/aromatic N) is 3. The van der Waals surface area contributed by atoms with Crippen LogP contribution in [-0.4, -0.2) is 40.5 Å². The van der Waals surface area contributed by atoms with E-state index < -0.39 is 0 Å². The lowest BCUT2D eigenvalue weighted by Crippen LogP contribution is -2.06. The number of hydrogen-bond acceptors (Lipinski definition) is 7. The Labute approximate surface area is 182 Å². The summed E-state index contributed by atoms with van der Waals surface area (Å²) in [7, 11) is 3.22. The van der Waals surface area contributed by atoms with E-state index in [2.05, 4.69) is 10.2 Å². The molecule has 2 heterocycles. The Kier molecular flexibility index (Phi) is 6.15. The Balaban J connectivity index is 1.67. The third-order valence-corrected chi connectivity index (χ3v) is 6.22. The van der Waals surface area contributed by atoms with Gasteiger partial charge in [-0.1, -0.05) is 42.1 Å². The van der Waals surface area contributed by atoms with Crippen LogP contribution in [0.15, 0.2) is 71.2 Å². The second-order valence-electron chi connectivity index (χ2n) is 6.23. The number of carbonyl (C=O) groups is 1. The van der Waals surface area contributed by atoms with Gasteiger partial charge in [-0.15, -0.1) is 21.5 Å². The van der Waals surface area contributed by atoms with Crippen LogP contribution < -0.4 is 9.47 Å². The zero-order valence-electron chi connectivity index (χ0n) is 16.4. The van der Waals surface area contributed by atoms with Gasteiger partial charge in [0.2, 0.25) is 0 Å². The summed E-state index contributed by atoms with van der Waals surface area (Å²) in [5.41, 5.74) is 1.42. The minimum Gasteiger partial charge on any atom is -0.497 e. The van der Waals surface area contributed by atoms with Gasteiger partial charge in [0.25, 0.3) is 0 Å². The number of Topliss-reactive ketones (excluding diaryl/α,β-unsaturated/α-hetero) is 1. The summed E-state index contributed by atoms with van der Waals surface area (Å²) >= 11 is 2.93. The molecule has 0 bridgehead atoms. The smallest absolute Gasteiger partial charge is 0.196 e. The SMILES string of the molecule is COc1cccc(C(=O)CSc2nnc(-c3cccs3)n2-c2ccccc2OC)c1. The number of thioether (sulfide) groups is 1. The molecule has 0 aliphatic heterocycles. The standard InChI is InChI=1S/C22H19N3O3S2/c1-27-16-8-5-7-15(13-16)18(26)14-30-22-24-23-21(20-11-6-12-29-20)25(22)17-9-3-4-10-19(17)28-2/h3-13H,14H2,1-2H3. The lowest BCUT2D eigenvalue weighted by molar-refractivity contribution is 0.102. The van der Waals surface area contributed by atoms with Gasteiger partial charge in [0.15, 0.2) is 16.8 Å². The summed E-state index contributed by atoms with van der Waals surface area (Å²) < 4.78 is 12.7. The fraction of sp³-hybridized carbons (Fsp3) is 0.136. The van der Waals surface area contributed by atoms with E-state index in [1.54, 1.807) is 37.7 Å². The van der Waals surface area contributed by atoms with Gasteiger partial charge in [-0.05, 0) is 35.7 Å². The molecule has 0 radical (unpaired) electrons. The Morgan fingerprint density at radius 3 is 2.67 bits per heavy atom. The summed E-state index contributed by atoms with van der Waals surface area (Å²) in [6.45, 7) is 0. The van der Waals surface area contributed by atoms with Crippen LogP contribution in [-0.2, 0) is 0 Å². The van der Waals surface area contributed by atoms with E-state index in [4.69, 9.17) is 9.47 Å². The number of benzene rings is 2.